The second-order valence-electron chi connectivity index (χ2n) is 15.6. The fourth-order valence-electron chi connectivity index (χ4n) is 8.62. The summed E-state index contributed by atoms with van der Waals surface area (Å²) < 4.78 is 7.53. The zero-order valence-electron chi connectivity index (χ0n) is 27.8. The van der Waals surface area contributed by atoms with Gasteiger partial charge in [-0.15, -0.1) is 11.3 Å². The highest BCUT2D eigenvalue weighted by Crippen LogP contribution is 2.55. The lowest BCUT2D eigenvalue weighted by Gasteiger charge is -2.51. The Morgan fingerprint density at radius 2 is 1.72 bits per heavy atom. The minimum absolute atomic E-state index is 0.0242. The first-order valence-electron chi connectivity index (χ1n) is 17.7. The first-order chi connectivity index (χ1) is 22.1. The number of amides is 3. The number of nitrogens with zero attached hydrogens (tertiary/aromatic N) is 4. The van der Waals surface area contributed by atoms with Crippen LogP contribution >= 0.6 is 11.3 Å². The van der Waals surface area contributed by atoms with Gasteiger partial charge in [0.2, 0.25) is 17.7 Å². The minimum Gasteiger partial charge on any atom is -0.376 e. The van der Waals surface area contributed by atoms with Crippen LogP contribution in [0.2, 0.25) is 0 Å². The Kier molecular flexibility index (Phi) is 8.80. The van der Waals surface area contributed by atoms with E-state index in [-0.39, 0.29) is 40.4 Å². The van der Waals surface area contributed by atoms with E-state index in [1.165, 1.54) is 32.1 Å². The molecule has 2 aliphatic carbocycles. The molecular formula is C36H51N5O4S. The quantitative estimate of drug-likeness (QED) is 0.407. The summed E-state index contributed by atoms with van der Waals surface area (Å²) >= 11 is 1.62. The summed E-state index contributed by atoms with van der Waals surface area (Å²) in [5.41, 5.74) is 3.62. The summed E-state index contributed by atoms with van der Waals surface area (Å²) in [5, 5.41) is 3.27. The third kappa shape index (κ3) is 6.16. The normalized spacial score (nSPS) is 27.0. The Labute approximate surface area is 277 Å². The van der Waals surface area contributed by atoms with Crippen LogP contribution < -0.4 is 10.2 Å². The number of hydrogen-bond acceptors (Lipinski definition) is 7. The van der Waals surface area contributed by atoms with Gasteiger partial charge in [0, 0.05) is 57.2 Å². The summed E-state index contributed by atoms with van der Waals surface area (Å²) in [6.45, 7) is 10.8. The monoisotopic (exact) mass is 649 g/mol. The van der Waals surface area contributed by atoms with Crippen LogP contribution in [0.4, 0.5) is 5.69 Å². The van der Waals surface area contributed by atoms with Gasteiger partial charge >= 0.3 is 0 Å². The van der Waals surface area contributed by atoms with Gasteiger partial charge < -0.3 is 24.8 Å². The molecule has 4 heterocycles. The first-order valence-corrected chi connectivity index (χ1v) is 18.6. The molecule has 0 radical (unpaired) electrons. The molecule has 4 atom stereocenters. The van der Waals surface area contributed by atoms with Gasteiger partial charge in [-0.2, -0.15) is 0 Å². The number of carbonyl (C=O) groups is 3. The van der Waals surface area contributed by atoms with Crippen molar-refractivity contribution in [2.24, 2.45) is 28.6 Å². The first kappa shape index (κ1) is 31.9. The Morgan fingerprint density at radius 3 is 2.43 bits per heavy atom. The SMILES string of the molecule is C[C@@H](OCC1CCCCC1)[C@@H](NC(=O)[C@@H]1CN(c2cccc3ncsc23)CC12CN(C(=O)[C@H]1CC1(C)C)C2)C(=O)N1CCCCC1. The van der Waals surface area contributed by atoms with Crippen LogP contribution in [0.3, 0.4) is 0 Å². The average Bonchev–Trinajstić information content (AvgIpc) is 3.38. The Morgan fingerprint density at radius 1 is 1.00 bits per heavy atom. The van der Waals surface area contributed by atoms with Gasteiger partial charge in [-0.05, 0) is 68.9 Å². The van der Waals surface area contributed by atoms with Gasteiger partial charge in [-0.25, -0.2) is 4.98 Å². The third-order valence-corrected chi connectivity index (χ3v) is 12.7. The summed E-state index contributed by atoms with van der Waals surface area (Å²) in [4.78, 5) is 52.7. The predicted octanol–water partition coefficient (Wildman–Crippen LogP) is 5.09. The number of likely N-dealkylation sites (tertiary alicyclic amines) is 2. The van der Waals surface area contributed by atoms with Gasteiger partial charge in [0.1, 0.15) is 6.04 Å². The van der Waals surface area contributed by atoms with Crippen LogP contribution in [-0.4, -0.2) is 90.5 Å². The second-order valence-corrected chi connectivity index (χ2v) is 16.5. The van der Waals surface area contributed by atoms with Crippen molar-refractivity contribution in [3.8, 4) is 0 Å². The van der Waals surface area contributed by atoms with Crippen LogP contribution in [0.15, 0.2) is 23.7 Å². The van der Waals surface area contributed by atoms with Crippen LogP contribution in [0.1, 0.15) is 78.6 Å². The largest absolute Gasteiger partial charge is 0.376 e. The molecule has 1 aromatic heterocycles. The molecule has 5 aliphatic rings. The Hall–Kier alpha value is -2.72. The molecular weight excluding hydrogens is 598 g/mol. The standard InChI is InChI=1S/C36H51N5O4S/c1-24(45-19-25-11-6-4-7-12-25)30(34(44)39-15-8-5-9-16-39)38-32(42)27-18-40(29-14-10-13-28-31(29)46-23-37-28)20-36(27)21-41(22-36)33(43)26-17-35(26,2)3/h10,13-14,23-27,30H,4-9,11-12,15-22H2,1-3H3,(H,38,42)/t24-,26-,27+,30-/m1/s1. The summed E-state index contributed by atoms with van der Waals surface area (Å²) in [6, 6.07) is 5.45. The van der Waals surface area contributed by atoms with Crippen molar-refractivity contribution in [2.45, 2.75) is 90.7 Å². The van der Waals surface area contributed by atoms with Crippen molar-refractivity contribution in [3.05, 3.63) is 23.7 Å². The average molecular weight is 650 g/mol. The van der Waals surface area contributed by atoms with E-state index in [9.17, 15) is 14.4 Å². The van der Waals surface area contributed by atoms with E-state index in [0.29, 0.717) is 38.7 Å². The maximum atomic E-state index is 14.5. The molecule has 0 bridgehead atoms. The maximum Gasteiger partial charge on any atom is 0.247 e. The third-order valence-electron chi connectivity index (χ3n) is 11.8. The zero-order valence-corrected chi connectivity index (χ0v) is 28.7. The molecule has 1 spiro atoms. The molecule has 1 N–H and O–H groups in total. The van der Waals surface area contributed by atoms with Gasteiger partial charge in [-0.1, -0.05) is 39.2 Å². The number of carbonyl (C=O) groups excluding carboxylic acids is 3. The number of piperidine rings is 1. The summed E-state index contributed by atoms with van der Waals surface area (Å²) in [5.74, 6) is 0.350. The number of fused-ring (bicyclic) bond motifs is 1. The van der Waals surface area contributed by atoms with Crippen molar-refractivity contribution in [1.29, 1.82) is 0 Å². The van der Waals surface area contributed by atoms with Gasteiger partial charge in [0.05, 0.1) is 33.4 Å². The number of benzene rings is 1. The number of anilines is 1. The number of thiazole rings is 1. The molecule has 10 heteroatoms. The van der Waals surface area contributed by atoms with Crippen molar-refractivity contribution in [2.75, 3.05) is 50.8 Å². The number of rotatable bonds is 9. The lowest BCUT2D eigenvalue weighted by Crippen LogP contribution is -2.65. The lowest BCUT2D eigenvalue weighted by atomic mass is 9.70. The van der Waals surface area contributed by atoms with E-state index in [1.807, 2.05) is 34.4 Å². The molecule has 46 heavy (non-hydrogen) atoms. The van der Waals surface area contributed by atoms with Gasteiger partial charge in [-0.3, -0.25) is 14.4 Å². The van der Waals surface area contributed by atoms with Crippen molar-refractivity contribution < 1.29 is 19.1 Å². The maximum absolute atomic E-state index is 14.5. The van der Waals surface area contributed by atoms with E-state index >= 15 is 0 Å². The molecule has 2 saturated carbocycles. The smallest absolute Gasteiger partial charge is 0.247 e. The highest BCUT2D eigenvalue weighted by atomic mass is 32.1. The molecule has 7 rings (SSSR count). The van der Waals surface area contributed by atoms with E-state index in [4.69, 9.17) is 4.74 Å². The van der Waals surface area contributed by atoms with Crippen LogP contribution in [-0.2, 0) is 19.1 Å². The van der Waals surface area contributed by atoms with E-state index in [2.05, 4.69) is 35.1 Å². The molecule has 3 saturated heterocycles. The molecule has 3 amide bonds. The van der Waals surface area contributed by atoms with Crippen molar-refractivity contribution in [1.82, 2.24) is 20.1 Å². The second kappa shape index (κ2) is 12.7. The van der Waals surface area contributed by atoms with E-state index in [0.717, 1.165) is 54.7 Å². The fraction of sp³-hybridized carbons (Fsp3) is 0.722. The fourth-order valence-corrected chi connectivity index (χ4v) is 9.45. The predicted molar refractivity (Wildman–Crippen MR) is 181 cm³/mol. The van der Waals surface area contributed by atoms with Crippen molar-refractivity contribution in [3.63, 3.8) is 0 Å². The molecule has 250 valence electrons. The molecule has 9 nitrogen and oxygen atoms in total. The zero-order chi connectivity index (χ0) is 32.1. The summed E-state index contributed by atoms with van der Waals surface area (Å²) in [6.07, 6.45) is 9.74. The van der Waals surface area contributed by atoms with Crippen LogP contribution in [0, 0.1) is 28.6 Å². The molecule has 3 aliphatic heterocycles. The highest BCUT2D eigenvalue weighted by molar-refractivity contribution is 7.17. The molecule has 0 unspecified atom stereocenters. The van der Waals surface area contributed by atoms with E-state index < -0.39 is 12.1 Å². The van der Waals surface area contributed by atoms with Crippen LogP contribution in [0.25, 0.3) is 10.2 Å². The van der Waals surface area contributed by atoms with Crippen LogP contribution in [0.5, 0.6) is 0 Å². The topological polar surface area (TPSA) is 95.1 Å². The number of ether oxygens (including phenoxy) is 1. The highest BCUT2D eigenvalue weighted by Gasteiger charge is 2.61. The molecule has 1 aromatic carbocycles. The Bertz CT molecular complexity index is 1440. The number of nitrogens with one attached hydrogen (secondary N) is 1. The lowest BCUT2D eigenvalue weighted by molar-refractivity contribution is -0.153. The van der Waals surface area contributed by atoms with Gasteiger partial charge in [0.15, 0.2) is 0 Å². The number of aromatic nitrogens is 1. The molecule has 2 aromatic rings. The number of hydrogen-bond donors (Lipinski definition) is 1. The summed E-state index contributed by atoms with van der Waals surface area (Å²) in [7, 11) is 0. The minimum atomic E-state index is -0.727. The molecule has 5 fully saturated rings. The Balaban J connectivity index is 1.12. The van der Waals surface area contributed by atoms with E-state index in [1.54, 1.807) is 11.3 Å². The van der Waals surface area contributed by atoms with Gasteiger partial charge in [0.25, 0.3) is 0 Å². The van der Waals surface area contributed by atoms with Crippen molar-refractivity contribution >= 4 is 45.0 Å².